The summed E-state index contributed by atoms with van der Waals surface area (Å²) in [5.74, 6) is 0. The predicted molar refractivity (Wildman–Crippen MR) is 80.1 cm³/mol. The topological polar surface area (TPSA) is 15.3 Å². The molecule has 1 spiro atoms. The van der Waals surface area contributed by atoms with Gasteiger partial charge in [0.05, 0.1) is 0 Å². The zero-order valence-electron chi connectivity index (χ0n) is 11.9. The number of hydrogen-bond donors (Lipinski definition) is 1. The molecule has 2 aliphatic heterocycles. The van der Waals surface area contributed by atoms with Crippen LogP contribution in [-0.2, 0) is 6.54 Å². The van der Waals surface area contributed by atoms with E-state index in [0.29, 0.717) is 5.41 Å². The van der Waals surface area contributed by atoms with Gasteiger partial charge >= 0.3 is 0 Å². The van der Waals surface area contributed by atoms with E-state index in [0.717, 1.165) is 6.54 Å². The summed E-state index contributed by atoms with van der Waals surface area (Å²) in [5.41, 5.74) is 2.02. The molecule has 1 aromatic carbocycles. The highest BCUT2D eigenvalue weighted by atomic mass is 15.1. The lowest BCUT2D eigenvalue weighted by Gasteiger charge is -2.42. The molecule has 104 valence electrons. The second-order valence-electron chi connectivity index (χ2n) is 6.43. The lowest BCUT2D eigenvalue weighted by atomic mass is 9.76. The molecule has 1 atom stereocenters. The van der Waals surface area contributed by atoms with Gasteiger partial charge in [-0.25, -0.2) is 0 Å². The lowest BCUT2D eigenvalue weighted by Crippen LogP contribution is -2.47. The van der Waals surface area contributed by atoms with Crippen molar-refractivity contribution in [1.82, 2.24) is 10.2 Å². The Bertz CT molecular complexity index is 380. The zero-order valence-corrected chi connectivity index (χ0v) is 11.9. The van der Waals surface area contributed by atoms with E-state index >= 15 is 0 Å². The number of nitrogens with one attached hydrogen (secondary N) is 1. The monoisotopic (exact) mass is 258 g/mol. The Morgan fingerprint density at radius 1 is 1.05 bits per heavy atom. The van der Waals surface area contributed by atoms with Crippen LogP contribution in [0.3, 0.4) is 0 Å². The summed E-state index contributed by atoms with van der Waals surface area (Å²) in [4.78, 5) is 2.67. The second-order valence-corrected chi connectivity index (χ2v) is 6.43. The lowest BCUT2D eigenvalue weighted by molar-refractivity contribution is 0.0778. The first-order chi connectivity index (χ1) is 9.36. The number of nitrogens with zero attached hydrogens (tertiary/aromatic N) is 1. The van der Waals surface area contributed by atoms with Gasteiger partial charge in [-0.2, -0.15) is 0 Å². The molecular formula is C17H26N2. The van der Waals surface area contributed by atoms with Gasteiger partial charge in [-0.1, -0.05) is 36.8 Å². The molecule has 0 radical (unpaired) electrons. The average molecular weight is 258 g/mol. The quantitative estimate of drug-likeness (QED) is 0.877. The molecule has 1 aromatic rings. The average Bonchev–Trinajstić information content (AvgIpc) is 2.66. The molecule has 2 fully saturated rings. The Kier molecular flexibility index (Phi) is 4.19. The summed E-state index contributed by atoms with van der Waals surface area (Å²) in [6, 6.07) is 10.9. The van der Waals surface area contributed by atoms with Crippen LogP contribution in [0.15, 0.2) is 30.3 Å². The summed E-state index contributed by atoms with van der Waals surface area (Å²) >= 11 is 0. The van der Waals surface area contributed by atoms with Crippen LogP contribution in [0.2, 0.25) is 0 Å². The molecule has 2 saturated heterocycles. The fraction of sp³-hybridized carbons (Fsp3) is 0.647. The normalized spacial score (nSPS) is 29.3. The van der Waals surface area contributed by atoms with Crippen molar-refractivity contribution in [3.05, 3.63) is 35.9 Å². The van der Waals surface area contributed by atoms with Gasteiger partial charge in [0, 0.05) is 19.6 Å². The zero-order chi connectivity index (χ0) is 13.0. The van der Waals surface area contributed by atoms with Crippen molar-refractivity contribution >= 4 is 0 Å². The first-order valence-electron chi connectivity index (χ1n) is 7.83. The van der Waals surface area contributed by atoms with E-state index < -0.39 is 0 Å². The van der Waals surface area contributed by atoms with Gasteiger partial charge in [0.2, 0.25) is 0 Å². The van der Waals surface area contributed by atoms with E-state index in [9.17, 15) is 0 Å². The van der Waals surface area contributed by atoms with Gasteiger partial charge < -0.3 is 5.32 Å². The molecule has 2 aliphatic rings. The van der Waals surface area contributed by atoms with Crippen molar-refractivity contribution in [3.63, 3.8) is 0 Å². The van der Waals surface area contributed by atoms with Gasteiger partial charge in [-0.15, -0.1) is 0 Å². The Balaban J connectivity index is 1.64. The minimum absolute atomic E-state index is 0.559. The number of likely N-dealkylation sites (tertiary alicyclic amines) is 1. The third-order valence-electron chi connectivity index (χ3n) is 4.80. The van der Waals surface area contributed by atoms with Crippen molar-refractivity contribution in [2.45, 2.75) is 38.6 Å². The van der Waals surface area contributed by atoms with E-state index in [1.54, 1.807) is 0 Å². The number of hydrogen-bond acceptors (Lipinski definition) is 2. The smallest absolute Gasteiger partial charge is 0.0233 e. The summed E-state index contributed by atoms with van der Waals surface area (Å²) < 4.78 is 0. The molecule has 1 N–H and O–H groups in total. The van der Waals surface area contributed by atoms with Crippen LogP contribution >= 0.6 is 0 Å². The van der Waals surface area contributed by atoms with E-state index in [2.05, 4.69) is 40.5 Å². The first kappa shape index (κ1) is 13.1. The highest BCUT2D eigenvalue weighted by Crippen LogP contribution is 2.36. The van der Waals surface area contributed by atoms with Crippen LogP contribution in [-0.4, -0.2) is 31.1 Å². The molecule has 2 nitrogen and oxygen atoms in total. The van der Waals surface area contributed by atoms with Crippen LogP contribution in [0.1, 0.15) is 37.7 Å². The van der Waals surface area contributed by atoms with E-state index in [1.807, 2.05) is 0 Å². The Morgan fingerprint density at radius 2 is 1.89 bits per heavy atom. The highest BCUT2D eigenvalue weighted by molar-refractivity contribution is 5.14. The van der Waals surface area contributed by atoms with Gasteiger partial charge in [-0.3, -0.25) is 4.90 Å². The van der Waals surface area contributed by atoms with Crippen molar-refractivity contribution in [2.75, 3.05) is 26.2 Å². The molecule has 0 bridgehead atoms. The minimum Gasteiger partial charge on any atom is -0.316 e. The number of piperidine rings is 1. The van der Waals surface area contributed by atoms with Crippen molar-refractivity contribution in [3.8, 4) is 0 Å². The third kappa shape index (κ3) is 3.37. The highest BCUT2D eigenvalue weighted by Gasteiger charge is 2.35. The van der Waals surface area contributed by atoms with Crippen LogP contribution in [0.25, 0.3) is 0 Å². The molecule has 0 amide bonds. The fourth-order valence-corrected chi connectivity index (χ4v) is 3.83. The van der Waals surface area contributed by atoms with Gasteiger partial charge in [0.25, 0.3) is 0 Å². The molecule has 0 saturated carbocycles. The SMILES string of the molecule is c1ccc(CN2CCCC3(CCCCNC3)C2)cc1. The molecule has 0 aliphatic carbocycles. The van der Waals surface area contributed by atoms with E-state index in [-0.39, 0.29) is 0 Å². The summed E-state index contributed by atoms with van der Waals surface area (Å²) in [7, 11) is 0. The first-order valence-corrected chi connectivity index (χ1v) is 7.83. The largest absolute Gasteiger partial charge is 0.316 e. The molecular weight excluding hydrogens is 232 g/mol. The van der Waals surface area contributed by atoms with Crippen LogP contribution in [0.5, 0.6) is 0 Å². The minimum atomic E-state index is 0.559. The molecule has 1 unspecified atom stereocenters. The molecule has 2 heterocycles. The van der Waals surface area contributed by atoms with Gasteiger partial charge in [0.1, 0.15) is 0 Å². The summed E-state index contributed by atoms with van der Waals surface area (Å²) in [6.45, 7) is 6.15. The Hall–Kier alpha value is -0.860. The fourth-order valence-electron chi connectivity index (χ4n) is 3.83. The van der Waals surface area contributed by atoms with Crippen molar-refractivity contribution < 1.29 is 0 Å². The van der Waals surface area contributed by atoms with Crippen LogP contribution in [0, 0.1) is 5.41 Å². The van der Waals surface area contributed by atoms with Crippen molar-refractivity contribution in [2.24, 2.45) is 5.41 Å². The molecule has 2 heteroatoms. The van der Waals surface area contributed by atoms with Gasteiger partial charge in [-0.05, 0) is 49.8 Å². The van der Waals surface area contributed by atoms with Gasteiger partial charge in [0.15, 0.2) is 0 Å². The number of rotatable bonds is 2. The van der Waals surface area contributed by atoms with Crippen LogP contribution in [0.4, 0.5) is 0 Å². The van der Waals surface area contributed by atoms with Crippen LogP contribution < -0.4 is 5.32 Å². The Morgan fingerprint density at radius 3 is 2.79 bits per heavy atom. The van der Waals surface area contributed by atoms with Crippen molar-refractivity contribution in [1.29, 1.82) is 0 Å². The molecule has 3 rings (SSSR count). The molecule has 0 aromatic heterocycles. The standard InChI is InChI=1S/C17H26N2/c1-2-7-16(8-3-1)13-19-12-6-10-17(15-19)9-4-5-11-18-14-17/h1-3,7-8,18H,4-6,9-15H2. The Labute approximate surface area is 117 Å². The molecule has 19 heavy (non-hydrogen) atoms. The predicted octanol–water partition coefficient (Wildman–Crippen LogP) is 3.04. The summed E-state index contributed by atoms with van der Waals surface area (Å²) in [6.07, 6.45) is 6.98. The third-order valence-corrected chi connectivity index (χ3v) is 4.80. The van der Waals surface area contributed by atoms with E-state index in [4.69, 9.17) is 0 Å². The van der Waals surface area contributed by atoms with E-state index in [1.165, 1.54) is 63.8 Å². The summed E-state index contributed by atoms with van der Waals surface area (Å²) in [5, 5.41) is 3.67. The maximum Gasteiger partial charge on any atom is 0.0233 e. The maximum absolute atomic E-state index is 3.67. The number of benzene rings is 1. The second kappa shape index (κ2) is 6.06. The maximum atomic E-state index is 3.67.